The SMILES string of the molecule is O=C1CC(N2CCN(c3ccc(Cl)c(Cl)c3)CC2)C(=O)N1c1ccc(I)cc1. The minimum atomic E-state index is -0.386. The van der Waals surface area contributed by atoms with Gasteiger partial charge in [0.05, 0.1) is 28.2 Å². The summed E-state index contributed by atoms with van der Waals surface area (Å²) in [6, 6.07) is 12.7. The fraction of sp³-hybridized carbons (Fsp3) is 0.300. The normalized spacial score (nSPS) is 20.9. The molecule has 2 aromatic carbocycles. The molecule has 0 N–H and O–H groups in total. The van der Waals surface area contributed by atoms with Gasteiger partial charge in [0.1, 0.15) is 0 Å². The second kappa shape index (κ2) is 8.18. The van der Waals surface area contributed by atoms with Crippen LogP contribution in [0.4, 0.5) is 11.4 Å². The summed E-state index contributed by atoms with van der Waals surface area (Å²) < 4.78 is 1.07. The van der Waals surface area contributed by atoms with E-state index in [0.717, 1.165) is 22.3 Å². The van der Waals surface area contributed by atoms with Crippen molar-refractivity contribution in [2.75, 3.05) is 36.0 Å². The van der Waals surface area contributed by atoms with E-state index >= 15 is 0 Å². The van der Waals surface area contributed by atoms with Gasteiger partial charge in [-0.3, -0.25) is 14.5 Å². The first-order valence-corrected chi connectivity index (χ1v) is 10.8. The maximum Gasteiger partial charge on any atom is 0.251 e. The predicted molar refractivity (Wildman–Crippen MR) is 120 cm³/mol. The minimum absolute atomic E-state index is 0.130. The molecular weight excluding hydrogens is 512 g/mol. The Kier molecular flexibility index (Phi) is 5.83. The quantitative estimate of drug-likeness (QED) is 0.444. The van der Waals surface area contributed by atoms with E-state index < -0.39 is 0 Å². The summed E-state index contributed by atoms with van der Waals surface area (Å²) in [4.78, 5) is 31.1. The molecule has 0 radical (unpaired) electrons. The molecule has 0 aromatic heterocycles. The number of benzene rings is 2. The Hall–Kier alpha value is -1.35. The van der Waals surface area contributed by atoms with Gasteiger partial charge < -0.3 is 4.90 Å². The molecule has 4 rings (SSSR count). The molecule has 2 saturated heterocycles. The zero-order chi connectivity index (χ0) is 19.8. The number of carbonyl (C=O) groups excluding carboxylic acids is 2. The second-order valence-corrected chi connectivity index (χ2v) is 8.95. The minimum Gasteiger partial charge on any atom is -0.369 e. The third kappa shape index (κ3) is 3.87. The molecule has 5 nitrogen and oxygen atoms in total. The van der Waals surface area contributed by atoms with Crippen molar-refractivity contribution in [1.29, 1.82) is 0 Å². The number of hydrogen-bond acceptors (Lipinski definition) is 4. The van der Waals surface area contributed by atoms with Crippen molar-refractivity contribution in [1.82, 2.24) is 4.90 Å². The van der Waals surface area contributed by atoms with Gasteiger partial charge >= 0.3 is 0 Å². The van der Waals surface area contributed by atoms with E-state index in [2.05, 4.69) is 32.4 Å². The molecule has 8 heteroatoms. The standard InChI is InChI=1S/C20H18Cl2IN3O2/c21-16-6-5-15(11-17(16)22)24-7-9-25(10-8-24)18-12-19(27)26(20(18)28)14-3-1-13(23)2-4-14/h1-6,11,18H,7-10,12H2. The molecule has 146 valence electrons. The van der Waals surface area contributed by atoms with Gasteiger partial charge in [0.25, 0.3) is 5.91 Å². The van der Waals surface area contributed by atoms with Gasteiger partial charge in [-0.2, -0.15) is 0 Å². The first-order chi connectivity index (χ1) is 13.4. The molecular formula is C20H18Cl2IN3O2. The zero-order valence-electron chi connectivity index (χ0n) is 14.9. The van der Waals surface area contributed by atoms with E-state index in [-0.39, 0.29) is 24.3 Å². The van der Waals surface area contributed by atoms with Crippen LogP contribution >= 0.6 is 45.8 Å². The average Bonchev–Trinajstić information content (AvgIpc) is 2.99. The number of carbonyl (C=O) groups is 2. The Morgan fingerprint density at radius 2 is 1.50 bits per heavy atom. The average molecular weight is 530 g/mol. The number of nitrogens with zero attached hydrogens (tertiary/aromatic N) is 3. The topological polar surface area (TPSA) is 43.9 Å². The third-order valence-electron chi connectivity index (χ3n) is 5.23. The van der Waals surface area contributed by atoms with Crippen molar-refractivity contribution in [2.45, 2.75) is 12.5 Å². The number of hydrogen-bond donors (Lipinski definition) is 0. The molecule has 1 atom stereocenters. The Balaban J connectivity index is 1.43. The largest absolute Gasteiger partial charge is 0.369 e. The predicted octanol–water partition coefficient (Wildman–Crippen LogP) is 4.05. The lowest BCUT2D eigenvalue weighted by atomic mass is 10.1. The van der Waals surface area contributed by atoms with Crippen molar-refractivity contribution in [3.05, 3.63) is 56.1 Å². The molecule has 2 amide bonds. The van der Waals surface area contributed by atoms with Crippen LogP contribution in [0, 0.1) is 3.57 Å². The molecule has 0 aliphatic carbocycles. The van der Waals surface area contributed by atoms with Crippen LogP contribution in [0.1, 0.15) is 6.42 Å². The summed E-state index contributed by atoms with van der Waals surface area (Å²) in [5.41, 5.74) is 1.66. The first kappa shape index (κ1) is 19.9. The van der Waals surface area contributed by atoms with E-state index in [1.54, 1.807) is 6.07 Å². The van der Waals surface area contributed by atoms with Crippen LogP contribution < -0.4 is 9.80 Å². The maximum absolute atomic E-state index is 13.0. The molecule has 0 bridgehead atoms. The Morgan fingerprint density at radius 1 is 0.857 bits per heavy atom. The Morgan fingerprint density at radius 3 is 2.14 bits per heavy atom. The molecule has 2 aliphatic rings. The van der Waals surface area contributed by atoms with Crippen LogP contribution in [-0.4, -0.2) is 48.9 Å². The monoisotopic (exact) mass is 529 g/mol. The van der Waals surface area contributed by atoms with Crippen molar-refractivity contribution >= 4 is 69.0 Å². The number of imide groups is 1. The number of rotatable bonds is 3. The zero-order valence-corrected chi connectivity index (χ0v) is 18.6. The maximum atomic E-state index is 13.0. The van der Waals surface area contributed by atoms with Crippen molar-refractivity contribution < 1.29 is 9.59 Å². The number of amides is 2. The third-order valence-corrected chi connectivity index (χ3v) is 6.69. The van der Waals surface area contributed by atoms with Crippen LogP contribution in [0.2, 0.25) is 10.0 Å². The van der Waals surface area contributed by atoms with Gasteiger partial charge in [-0.1, -0.05) is 23.2 Å². The highest BCUT2D eigenvalue weighted by Crippen LogP contribution is 2.30. The summed E-state index contributed by atoms with van der Waals surface area (Å²) >= 11 is 14.3. The summed E-state index contributed by atoms with van der Waals surface area (Å²) in [6.07, 6.45) is 0.234. The van der Waals surface area contributed by atoms with Gasteiger partial charge in [0.15, 0.2) is 0 Å². The van der Waals surface area contributed by atoms with Crippen LogP contribution in [0.25, 0.3) is 0 Å². The van der Waals surface area contributed by atoms with Gasteiger partial charge in [-0.15, -0.1) is 0 Å². The molecule has 0 spiro atoms. The number of halogens is 3. The molecule has 2 fully saturated rings. The number of piperazine rings is 1. The smallest absolute Gasteiger partial charge is 0.251 e. The second-order valence-electron chi connectivity index (χ2n) is 6.89. The number of anilines is 2. The van der Waals surface area contributed by atoms with E-state index in [0.29, 0.717) is 28.8 Å². The van der Waals surface area contributed by atoms with Crippen LogP contribution in [0.3, 0.4) is 0 Å². The lowest BCUT2D eigenvalue weighted by molar-refractivity contribution is -0.123. The fourth-order valence-corrected chi connectivity index (χ4v) is 4.39. The summed E-state index contributed by atoms with van der Waals surface area (Å²) in [5, 5.41) is 1.07. The van der Waals surface area contributed by atoms with Crippen molar-refractivity contribution in [2.24, 2.45) is 0 Å². The van der Waals surface area contributed by atoms with E-state index in [1.165, 1.54) is 4.90 Å². The van der Waals surface area contributed by atoms with E-state index in [4.69, 9.17) is 23.2 Å². The highest BCUT2D eigenvalue weighted by atomic mass is 127. The fourth-order valence-electron chi connectivity index (χ4n) is 3.74. The molecule has 1 unspecified atom stereocenters. The van der Waals surface area contributed by atoms with Gasteiger partial charge in [0.2, 0.25) is 5.91 Å². The molecule has 2 aromatic rings. The Bertz CT molecular complexity index is 914. The lowest BCUT2D eigenvalue weighted by Gasteiger charge is -2.38. The lowest BCUT2D eigenvalue weighted by Crippen LogP contribution is -2.52. The van der Waals surface area contributed by atoms with Crippen molar-refractivity contribution in [3.63, 3.8) is 0 Å². The van der Waals surface area contributed by atoms with Crippen molar-refractivity contribution in [3.8, 4) is 0 Å². The van der Waals surface area contributed by atoms with Gasteiger partial charge in [-0.05, 0) is 65.1 Å². The van der Waals surface area contributed by atoms with Gasteiger partial charge in [0, 0.05) is 35.4 Å². The summed E-state index contributed by atoms with van der Waals surface area (Å²) in [5.74, 6) is -0.266. The van der Waals surface area contributed by atoms with Crippen LogP contribution in [0.15, 0.2) is 42.5 Å². The van der Waals surface area contributed by atoms with E-state index in [1.807, 2.05) is 36.4 Å². The summed E-state index contributed by atoms with van der Waals surface area (Å²) in [6.45, 7) is 2.95. The Labute approximate surface area is 187 Å². The molecule has 0 saturated carbocycles. The molecule has 2 aliphatic heterocycles. The van der Waals surface area contributed by atoms with Crippen LogP contribution in [0.5, 0.6) is 0 Å². The molecule has 2 heterocycles. The van der Waals surface area contributed by atoms with E-state index in [9.17, 15) is 9.59 Å². The first-order valence-electron chi connectivity index (χ1n) is 9.00. The van der Waals surface area contributed by atoms with Gasteiger partial charge in [-0.25, -0.2) is 4.90 Å². The highest BCUT2D eigenvalue weighted by molar-refractivity contribution is 14.1. The highest BCUT2D eigenvalue weighted by Gasteiger charge is 2.43. The summed E-state index contributed by atoms with van der Waals surface area (Å²) in [7, 11) is 0. The van der Waals surface area contributed by atoms with Crippen LogP contribution in [-0.2, 0) is 9.59 Å². The molecule has 28 heavy (non-hydrogen) atoms.